The minimum Gasteiger partial charge on any atom is -0.343 e. The van der Waals surface area contributed by atoms with Crippen molar-refractivity contribution in [1.82, 2.24) is 10.3 Å². The molecule has 18 heavy (non-hydrogen) atoms. The molecule has 1 amide bonds. The molecule has 2 rings (SSSR count). The Balaban J connectivity index is 2.14. The van der Waals surface area contributed by atoms with Crippen LogP contribution in [0, 0.1) is 5.82 Å². The van der Waals surface area contributed by atoms with Gasteiger partial charge >= 0.3 is 0 Å². The van der Waals surface area contributed by atoms with Gasteiger partial charge in [-0.2, -0.15) is 0 Å². The van der Waals surface area contributed by atoms with Crippen molar-refractivity contribution in [2.75, 3.05) is 0 Å². The topological polar surface area (TPSA) is 42.0 Å². The third kappa shape index (κ3) is 2.73. The molecule has 1 aromatic heterocycles. The number of benzene rings is 1. The standard InChI is InChI=1S/C13H13FN2OS/c1-2-11(13-15-7-8-18-13)16-12(17)9-5-3-4-6-10(9)14/h3-8,11H,2H2,1H3,(H,16,17). The van der Waals surface area contributed by atoms with Crippen LogP contribution in [0.5, 0.6) is 0 Å². The predicted octanol–water partition coefficient (Wildman–Crippen LogP) is 3.16. The molecule has 0 radical (unpaired) electrons. The van der Waals surface area contributed by atoms with Crippen molar-refractivity contribution in [2.45, 2.75) is 19.4 Å². The molecule has 0 aliphatic heterocycles. The van der Waals surface area contributed by atoms with Gasteiger partial charge in [0.1, 0.15) is 10.8 Å². The zero-order valence-electron chi connectivity index (χ0n) is 9.89. The van der Waals surface area contributed by atoms with E-state index in [0.717, 1.165) is 5.01 Å². The van der Waals surface area contributed by atoms with Gasteiger partial charge in [0.2, 0.25) is 0 Å². The van der Waals surface area contributed by atoms with Gasteiger partial charge in [-0.05, 0) is 18.6 Å². The molecule has 1 unspecified atom stereocenters. The quantitative estimate of drug-likeness (QED) is 0.921. The van der Waals surface area contributed by atoms with Gasteiger partial charge in [0, 0.05) is 11.6 Å². The molecule has 1 atom stereocenters. The van der Waals surface area contributed by atoms with Gasteiger partial charge in [0.25, 0.3) is 5.91 Å². The molecule has 0 aliphatic carbocycles. The van der Waals surface area contributed by atoms with E-state index in [4.69, 9.17) is 0 Å². The van der Waals surface area contributed by atoms with Gasteiger partial charge < -0.3 is 5.32 Å². The van der Waals surface area contributed by atoms with Crippen molar-refractivity contribution in [1.29, 1.82) is 0 Å². The first-order valence-corrected chi connectivity index (χ1v) is 6.55. The SMILES string of the molecule is CCC(NC(=O)c1ccccc1F)c1nccs1. The Hall–Kier alpha value is -1.75. The maximum atomic E-state index is 13.5. The molecule has 94 valence electrons. The van der Waals surface area contributed by atoms with Crippen LogP contribution in [0.1, 0.15) is 34.8 Å². The second kappa shape index (κ2) is 5.73. The van der Waals surface area contributed by atoms with Gasteiger partial charge in [-0.3, -0.25) is 4.79 Å². The molecule has 3 nitrogen and oxygen atoms in total. The molecule has 0 fully saturated rings. The third-order valence-electron chi connectivity index (χ3n) is 2.58. The van der Waals surface area contributed by atoms with E-state index in [1.54, 1.807) is 18.3 Å². The maximum absolute atomic E-state index is 13.5. The van der Waals surface area contributed by atoms with Crippen LogP contribution in [-0.2, 0) is 0 Å². The monoisotopic (exact) mass is 264 g/mol. The average molecular weight is 264 g/mol. The Morgan fingerprint density at radius 1 is 1.50 bits per heavy atom. The lowest BCUT2D eigenvalue weighted by Gasteiger charge is -2.14. The number of rotatable bonds is 4. The highest BCUT2D eigenvalue weighted by Crippen LogP contribution is 2.19. The summed E-state index contributed by atoms with van der Waals surface area (Å²) in [5.74, 6) is -0.917. The zero-order valence-corrected chi connectivity index (χ0v) is 10.7. The third-order valence-corrected chi connectivity index (χ3v) is 3.47. The fraction of sp³-hybridized carbons (Fsp3) is 0.231. The minimum atomic E-state index is -0.510. The second-order valence-corrected chi connectivity index (χ2v) is 4.71. The highest BCUT2D eigenvalue weighted by atomic mass is 32.1. The summed E-state index contributed by atoms with van der Waals surface area (Å²) in [6.45, 7) is 1.95. The van der Waals surface area contributed by atoms with Crippen LogP contribution >= 0.6 is 11.3 Å². The smallest absolute Gasteiger partial charge is 0.254 e. The van der Waals surface area contributed by atoms with Crippen molar-refractivity contribution in [2.24, 2.45) is 0 Å². The zero-order chi connectivity index (χ0) is 13.0. The largest absolute Gasteiger partial charge is 0.343 e. The predicted molar refractivity (Wildman–Crippen MR) is 69.0 cm³/mol. The van der Waals surface area contributed by atoms with Crippen LogP contribution in [0.4, 0.5) is 4.39 Å². The Labute approximate surface area is 109 Å². The van der Waals surface area contributed by atoms with Crippen molar-refractivity contribution < 1.29 is 9.18 Å². The summed E-state index contributed by atoms with van der Waals surface area (Å²) in [5, 5.41) is 5.48. The highest BCUT2D eigenvalue weighted by Gasteiger charge is 2.17. The number of aromatic nitrogens is 1. The minimum absolute atomic E-state index is 0.0625. The Bertz CT molecular complexity index is 528. The molecule has 5 heteroatoms. The van der Waals surface area contributed by atoms with Gasteiger partial charge in [-0.1, -0.05) is 19.1 Å². The van der Waals surface area contributed by atoms with Crippen molar-refractivity contribution in [3.63, 3.8) is 0 Å². The first-order valence-electron chi connectivity index (χ1n) is 5.67. The molecular weight excluding hydrogens is 251 g/mol. The van der Waals surface area contributed by atoms with Crippen LogP contribution in [-0.4, -0.2) is 10.9 Å². The molecule has 1 heterocycles. The van der Waals surface area contributed by atoms with Crippen molar-refractivity contribution in [3.8, 4) is 0 Å². The second-order valence-electron chi connectivity index (χ2n) is 3.78. The number of halogens is 1. The summed E-state index contributed by atoms with van der Waals surface area (Å²) in [6, 6.07) is 5.78. The first kappa shape index (κ1) is 12.7. The lowest BCUT2D eigenvalue weighted by Crippen LogP contribution is -2.28. The molecule has 0 aliphatic rings. The van der Waals surface area contributed by atoms with Gasteiger partial charge in [-0.15, -0.1) is 11.3 Å². The molecule has 1 aromatic carbocycles. The lowest BCUT2D eigenvalue weighted by atomic mass is 10.1. The summed E-state index contributed by atoms with van der Waals surface area (Å²) in [6.07, 6.45) is 2.41. The number of hydrogen-bond donors (Lipinski definition) is 1. The molecule has 0 spiro atoms. The lowest BCUT2D eigenvalue weighted by molar-refractivity contribution is 0.0931. The number of carbonyl (C=O) groups excluding carboxylic acids is 1. The van der Waals surface area contributed by atoms with Crippen LogP contribution in [0.15, 0.2) is 35.8 Å². The average Bonchev–Trinajstić information content (AvgIpc) is 2.90. The number of hydrogen-bond acceptors (Lipinski definition) is 3. The van der Waals surface area contributed by atoms with E-state index in [1.165, 1.54) is 23.5 Å². The number of thiazole rings is 1. The molecule has 2 aromatic rings. The molecule has 0 bridgehead atoms. The van der Waals surface area contributed by atoms with Crippen LogP contribution in [0.25, 0.3) is 0 Å². The molecular formula is C13H13FN2OS. The van der Waals surface area contributed by atoms with E-state index in [9.17, 15) is 9.18 Å². The first-order chi connectivity index (χ1) is 8.72. The summed E-state index contributed by atoms with van der Waals surface area (Å²) < 4.78 is 13.5. The van der Waals surface area contributed by atoms with Crippen LogP contribution in [0.2, 0.25) is 0 Å². The molecule has 1 N–H and O–H groups in total. The highest BCUT2D eigenvalue weighted by molar-refractivity contribution is 7.09. The number of amides is 1. The van der Waals surface area contributed by atoms with E-state index in [1.807, 2.05) is 12.3 Å². The number of nitrogens with zero attached hydrogens (tertiary/aromatic N) is 1. The summed E-state index contributed by atoms with van der Waals surface area (Å²) in [5.41, 5.74) is 0.0625. The Kier molecular flexibility index (Phi) is 4.04. The Morgan fingerprint density at radius 2 is 2.28 bits per heavy atom. The fourth-order valence-electron chi connectivity index (χ4n) is 1.63. The van der Waals surface area contributed by atoms with E-state index in [-0.39, 0.29) is 11.6 Å². The van der Waals surface area contributed by atoms with E-state index in [2.05, 4.69) is 10.3 Å². The van der Waals surface area contributed by atoms with Gasteiger partial charge in [0.05, 0.1) is 11.6 Å². The summed E-state index contributed by atoms with van der Waals surface area (Å²) in [7, 11) is 0. The van der Waals surface area contributed by atoms with E-state index in [0.29, 0.717) is 6.42 Å². The normalized spacial score (nSPS) is 12.1. The van der Waals surface area contributed by atoms with Crippen molar-refractivity contribution >= 4 is 17.2 Å². The maximum Gasteiger partial charge on any atom is 0.254 e. The van der Waals surface area contributed by atoms with E-state index < -0.39 is 11.7 Å². The Morgan fingerprint density at radius 3 is 2.89 bits per heavy atom. The van der Waals surface area contributed by atoms with Crippen LogP contribution < -0.4 is 5.32 Å². The molecule has 0 saturated carbocycles. The van der Waals surface area contributed by atoms with E-state index >= 15 is 0 Å². The van der Waals surface area contributed by atoms with Gasteiger partial charge in [-0.25, -0.2) is 9.37 Å². The van der Waals surface area contributed by atoms with Crippen molar-refractivity contribution in [3.05, 3.63) is 52.2 Å². The fourth-order valence-corrected chi connectivity index (χ4v) is 2.40. The van der Waals surface area contributed by atoms with Gasteiger partial charge in [0.15, 0.2) is 0 Å². The number of carbonyl (C=O) groups is 1. The van der Waals surface area contributed by atoms with Crippen LogP contribution in [0.3, 0.4) is 0 Å². The summed E-state index contributed by atoms with van der Waals surface area (Å²) >= 11 is 1.48. The summed E-state index contributed by atoms with van der Waals surface area (Å²) in [4.78, 5) is 16.1. The number of nitrogens with one attached hydrogen (secondary N) is 1. The molecule has 0 saturated heterocycles.